The summed E-state index contributed by atoms with van der Waals surface area (Å²) in [6.07, 6.45) is 2.15. The number of nitrogens with one attached hydrogen (secondary N) is 2. The summed E-state index contributed by atoms with van der Waals surface area (Å²) in [5.74, 6) is 1.60. The van der Waals surface area contributed by atoms with Crippen LogP contribution in [0.5, 0.6) is 0 Å². The van der Waals surface area contributed by atoms with E-state index in [1.54, 1.807) is 7.11 Å². The molecule has 1 aromatic carbocycles. The lowest BCUT2D eigenvalue weighted by Gasteiger charge is -2.33. The number of methoxy groups -OCH3 is 1. The number of aromatic nitrogens is 2. The van der Waals surface area contributed by atoms with Crippen molar-refractivity contribution in [1.82, 2.24) is 20.2 Å². The largest absolute Gasteiger partial charge is 0.383 e. The van der Waals surface area contributed by atoms with Crippen LogP contribution in [0.3, 0.4) is 0 Å². The molecule has 0 radical (unpaired) electrons. The lowest BCUT2D eigenvalue weighted by Crippen LogP contribution is -2.44. The number of aromatic amines is 1. The Balaban J connectivity index is 1.61. The maximum Gasteiger partial charge on any atom is 0.169 e. The van der Waals surface area contributed by atoms with Crippen molar-refractivity contribution in [2.75, 3.05) is 33.4 Å². The monoisotopic (exact) mass is 346 g/mol. The van der Waals surface area contributed by atoms with Crippen LogP contribution in [-0.4, -0.2) is 53.3 Å². The molecule has 1 aromatic heterocycles. The molecule has 0 amide bonds. The fourth-order valence-electron chi connectivity index (χ4n) is 3.21. The number of rotatable bonds is 4. The van der Waals surface area contributed by atoms with E-state index in [1.165, 1.54) is 11.1 Å². The van der Waals surface area contributed by atoms with Gasteiger partial charge in [0.25, 0.3) is 0 Å². The molecule has 130 valence electrons. The third-order valence-corrected chi connectivity index (χ3v) is 5.27. The number of hydrogen-bond donors (Lipinski definition) is 2. The van der Waals surface area contributed by atoms with Crippen molar-refractivity contribution in [2.24, 2.45) is 0 Å². The molecule has 0 bridgehead atoms. The third-order valence-electron chi connectivity index (χ3n) is 4.87. The standard InChI is InChI=1S/C18H26N4OS/c1-12-10-15-16(11-13(12)2)21-17(20-15)14-4-7-22(8-5-14)18(24)19-6-9-23-3/h10-11,14H,4-9H2,1-3H3,(H,19,24)(H,20,21). The van der Waals surface area contributed by atoms with Crippen LogP contribution in [0.2, 0.25) is 0 Å². The van der Waals surface area contributed by atoms with E-state index in [1.807, 2.05) is 0 Å². The zero-order valence-corrected chi connectivity index (χ0v) is 15.5. The number of hydrogen-bond acceptors (Lipinski definition) is 3. The summed E-state index contributed by atoms with van der Waals surface area (Å²) < 4.78 is 5.05. The molecule has 6 heteroatoms. The number of likely N-dealkylation sites (tertiary alicyclic amines) is 1. The summed E-state index contributed by atoms with van der Waals surface area (Å²) in [5.41, 5.74) is 4.82. The van der Waals surface area contributed by atoms with E-state index >= 15 is 0 Å². The zero-order chi connectivity index (χ0) is 17.1. The Morgan fingerprint density at radius 1 is 1.33 bits per heavy atom. The zero-order valence-electron chi connectivity index (χ0n) is 14.7. The number of piperidine rings is 1. The van der Waals surface area contributed by atoms with Crippen LogP contribution in [0.25, 0.3) is 11.0 Å². The van der Waals surface area contributed by atoms with Gasteiger partial charge in [0.1, 0.15) is 5.82 Å². The average Bonchev–Trinajstić information content (AvgIpc) is 2.98. The van der Waals surface area contributed by atoms with Crippen LogP contribution in [0.15, 0.2) is 12.1 Å². The van der Waals surface area contributed by atoms with Crippen LogP contribution in [0, 0.1) is 13.8 Å². The number of ether oxygens (including phenoxy) is 1. The second kappa shape index (κ2) is 7.49. The van der Waals surface area contributed by atoms with Crippen LogP contribution >= 0.6 is 12.2 Å². The van der Waals surface area contributed by atoms with Crippen molar-refractivity contribution in [3.63, 3.8) is 0 Å². The average molecular weight is 347 g/mol. The van der Waals surface area contributed by atoms with Crippen molar-refractivity contribution in [3.05, 3.63) is 29.1 Å². The Morgan fingerprint density at radius 3 is 2.75 bits per heavy atom. The van der Waals surface area contributed by atoms with Crippen molar-refractivity contribution < 1.29 is 4.74 Å². The van der Waals surface area contributed by atoms with Crippen LogP contribution in [0.4, 0.5) is 0 Å². The topological polar surface area (TPSA) is 53.2 Å². The lowest BCUT2D eigenvalue weighted by atomic mass is 9.96. The van der Waals surface area contributed by atoms with Gasteiger partial charge in [-0.25, -0.2) is 4.98 Å². The first-order valence-corrected chi connectivity index (χ1v) is 8.98. The summed E-state index contributed by atoms with van der Waals surface area (Å²) in [5, 5.41) is 4.09. The van der Waals surface area contributed by atoms with Gasteiger partial charge in [0.15, 0.2) is 5.11 Å². The highest BCUT2D eigenvalue weighted by Crippen LogP contribution is 2.28. The Morgan fingerprint density at radius 2 is 2.04 bits per heavy atom. The highest BCUT2D eigenvalue weighted by atomic mass is 32.1. The molecular weight excluding hydrogens is 320 g/mol. The van der Waals surface area contributed by atoms with Gasteiger partial charge in [-0.1, -0.05) is 0 Å². The van der Waals surface area contributed by atoms with Gasteiger partial charge in [-0.3, -0.25) is 0 Å². The summed E-state index contributed by atoms with van der Waals surface area (Å²) >= 11 is 5.46. The van der Waals surface area contributed by atoms with Crippen molar-refractivity contribution in [1.29, 1.82) is 0 Å². The minimum Gasteiger partial charge on any atom is -0.383 e. The molecular formula is C18H26N4OS. The highest BCUT2D eigenvalue weighted by molar-refractivity contribution is 7.80. The fraction of sp³-hybridized carbons (Fsp3) is 0.556. The van der Waals surface area contributed by atoms with E-state index in [9.17, 15) is 0 Å². The summed E-state index contributed by atoms with van der Waals surface area (Å²) in [7, 11) is 1.70. The third kappa shape index (κ3) is 3.70. The summed E-state index contributed by atoms with van der Waals surface area (Å²) in [6, 6.07) is 4.37. The minimum atomic E-state index is 0.482. The first-order chi connectivity index (χ1) is 11.6. The molecule has 5 nitrogen and oxygen atoms in total. The van der Waals surface area contributed by atoms with Crippen LogP contribution in [-0.2, 0) is 4.74 Å². The Labute approximate surface area is 148 Å². The van der Waals surface area contributed by atoms with Gasteiger partial charge >= 0.3 is 0 Å². The van der Waals surface area contributed by atoms with Crippen molar-refractivity contribution in [3.8, 4) is 0 Å². The molecule has 24 heavy (non-hydrogen) atoms. The smallest absolute Gasteiger partial charge is 0.169 e. The quantitative estimate of drug-likeness (QED) is 0.659. The van der Waals surface area contributed by atoms with E-state index in [2.05, 4.69) is 41.2 Å². The van der Waals surface area contributed by atoms with Crippen LogP contribution < -0.4 is 5.32 Å². The second-order valence-electron chi connectivity index (χ2n) is 6.56. The number of H-pyrrole nitrogens is 1. The second-order valence-corrected chi connectivity index (χ2v) is 6.95. The summed E-state index contributed by atoms with van der Waals surface area (Å²) in [6.45, 7) is 7.66. The molecule has 0 unspecified atom stereocenters. The molecule has 0 aliphatic carbocycles. The number of imidazole rings is 1. The normalized spacial score (nSPS) is 15.9. The molecule has 2 N–H and O–H groups in total. The molecule has 0 saturated carbocycles. The molecule has 1 aliphatic rings. The molecule has 2 heterocycles. The van der Waals surface area contributed by atoms with E-state index in [4.69, 9.17) is 21.9 Å². The van der Waals surface area contributed by atoms with Gasteiger partial charge in [-0.05, 0) is 62.2 Å². The molecule has 3 rings (SSSR count). The van der Waals surface area contributed by atoms with Crippen LogP contribution in [0.1, 0.15) is 35.7 Å². The SMILES string of the molecule is COCCNC(=S)N1CCC(c2nc3cc(C)c(C)cc3[nH]2)CC1. The van der Waals surface area contributed by atoms with Gasteiger partial charge in [0.05, 0.1) is 17.6 Å². The maximum absolute atomic E-state index is 5.46. The number of thiocarbonyl (C=S) groups is 1. The number of nitrogens with zero attached hydrogens (tertiary/aromatic N) is 2. The van der Waals surface area contributed by atoms with E-state index in [0.29, 0.717) is 12.5 Å². The van der Waals surface area contributed by atoms with Crippen molar-refractivity contribution in [2.45, 2.75) is 32.6 Å². The van der Waals surface area contributed by atoms with Gasteiger partial charge < -0.3 is 19.9 Å². The molecule has 0 spiro atoms. The predicted molar refractivity (Wildman–Crippen MR) is 102 cm³/mol. The molecule has 1 fully saturated rings. The molecule has 1 saturated heterocycles. The number of aryl methyl sites for hydroxylation is 2. The van der Waals surface area contributed by atoms with Crippen molar-refractivity contribution >= 4 is 28.4 Å². The fourth-order valence-corrected chi connectivity index (χ4v) is 3.50. The lowest BCUT2D eigenvalue weighted by molar-refractivity contribution is 0.202. The number of fused-ring (bicyclic) bond motifs is 1. The highest BCUT2D eigenvalue weighted by Gasteiger charge is 2.24. The van der Waals surface area contributed by atoms with Gasteiger partial charge in [0, 0.05) is 32.7 Å². The summed E-state index contributed by atoms with van der Waals surface area (Å²) in [4.78, 5) is 10.6. The Hall–Kier alpha value is -1.66. The predicted octanol–water partition coefficient (Wildman–Crippen LogP) is 2.88. The number of benzene rings is 1. The Bertz CT molecular complexity index is 680. The van der Waals surface area contributed by atoms with Gasteiger partial charge in [0.2, 0.25) is 0 Å². The maximum atomic E-state index is 5.46. The molecule has 2 aromatic rings. The Kier molecular flexibility index (Phi) is 5.36. The van der Waals surface area contributed by atoms with E-state index in [-0.39, 0.29) is 0 Å². The van der Waals surface area contributed by atoms with Gasteiger partial charge in [-0.15, -0.1) is 0 Å². The first kappa shape index (κ1) is 17.2. The minimum absolute atomic E-state index is 0.482. The molecule has 0 atom stereocenters. The van der Waals surface area contributed by atoms with Gasteiger partial charge in [-0.2, -0.15) is 0 Å². The first-order valence-electron chi connectivity index (χ1n) is 8.57. The molecule has 1 aliphatic heterocycles. The van der Waals surface area contributed by atoms with E-state index < -0.39 is 0 Å². The van der Waals surface area contributed by atoms with E-state index in [0.717, 1.165) is 54.4 Å².